The molecule has 0 radical (unpaired) electrons. The summed E-state index contributed by atoms with van der Waals surface area (Å²) in [6.45, 7) is 4.31. The van der Waals surface area contributed by atoms with Crippen LogP contribution >= 0.6 is 0 Å². The number of nitro groups is 1. The Labute approximate surface area is 135 Å². The largest absolute Gasteiger partial charge is 0.383 e. The fourth-order valence-electron chi connectivity index (χ4n) is 2.14. The molecule has 0 bridgehead atoms. The monoisotopic (exact) mass is 312 g/mol. The lowest BCUT2D eigenvalue weighted by atomic mass is 10.1. The standard InChI is InChI=1S/C17H20N4O2/c1-12(2)20-17(18)14-8-9-15(16(10-14)21(22)23)19-11-13-6-4-3-5-7-13/h3-10,12,19H,11H2,1-2H3,(H2,18,20). The summed E-state index contributed by atoms with van der Waals surface area (Å²) in [6, 6.07) is 14.6. The third kappa shape index (κ3) is 4.54. The third-order valence-corrected chi connectivity index (χ3v) is 3.21. The van der Waals surface area contributed by atoms with Crippen LogP contribution in [0.4, 0.5) is 11.4 Å². The summed E-state index contributed by atoms with van der Waals surface area (Å²) in [5, 5.41) is 14.4. The van der Waals surface area contributed by atoms with Gasteiger partial charge in [0.05, 0.1) is 4.92 Å². The van der Waals surface area contributed by atoms with Crippen LogP contribution in [0.25, 0.3) is 0 Å². The van der Waals surface area contributed by atoms with E-state index in [1.807, 2.05) is 44.2 Å². The maximum atomic E-state index is 11.3. The van der Waals surface area contributed by atoms with Gasteiger partial charge < -0.3 is 11.1 Å². The predicted molar refractivity (Wildman–Crippen MR) is 92.7 cm³/mol. The predicted octanol–water partition coefficient (Wildman–Crippen LogP) is 3.32. The molecular formula is C17H20N4O2. The van der Waals surface area contributed by atoms with Crippen LogP contribution in [0.5, 0.6) is 0 Å². The summed E-state index contributed by atoms with van der Waals surface area (Å²) in [5.74, 6) is 0.303. The van der Waals surface area contributed by atoms with Crippen molar-refractivity contribution in [3.63, 3.8) is 0 Å². The Bertz CT molecular complexity index is 712. The molecule has 0 aliphatic rings. The van der Waals surface area contributed by atoms with E-state index in [4.69, 9.17) is 5.73 Å². The van der Waals surface area contributed by atoms with Crippen LogP contribution in [0.15, 0.2) is 53.5 Å². The second-order valence-electron chi connectivity index (χ2n) is 5.44. The van der Waals surface area contributed by atoms with Crippen molar-refractivity contribution in [2.45, 2.75) is 26.4 Å². The van der Waals surface area contributed by atoms with E-state index in [-0.39, 0.29) is 11.7 Å². The molecule has 0 unspecified atom stereocenters. The Morgan fingerprint density at radius 3 is 2.57 bits per heavy atom. The van der Waals surface area contributed by atoms with Crippen molar-refractivity contribution < 1.29 is 4.92 Å². The van der Waals surface area contributed by atoms with E-state index >= 15 is 0 Å². The summed E-state index contributed by atoms with van der Waals surface area (Å²) >= 11 is 0. The Kier molecular flexibility index (Phi) is 5.30. The normalized spacial score (nSPS) is 11.5. The highest BCUT2D eigenvalue weighted by atomic mass is 16.6. The van der Waals surface area contributed by atoms with Gasteiger partial charge in [0.1, 0.15) is 11.5 Å². The highest BCUT2D eigenvalue weighted by Crippen LogP contribution is 2.26. The maximum Gasteiger partial charge on any atom is 0.293 e. The average molecular weight is 312 g/mol. The van der Waals surface area contributed by atoms with Crippen LogP contribution in [0.3, 0.4) is 0 Å². The highest BCUT2D eigenvalue weighted by molar-refractivity contribution is 5.98. The van der Waals surface area contributed by atoms with E-state index in [1.165, 1.54) is 6.07 Å². The average Bonchev–Trinajstić information content (AvgIpc) is 2.53. The van der Waals surface area contributed by atoms with Gasteiger partial charge in [-0.3, -0.25) is 15.1 Å². The Hall–Kier alpha value is -2.89. The summed E-state index contributed by atoms with van der Waals surface area (Å²) in [7, 11) is 0. The highest BCUT2D eigenvalue weighted by Gasteiger charge is 2.15. The Balaban J connectivity index is 2.25. The van der Waals surface area contributed by atoms with Crippen LogP contribution in [0.1, 0.15) is 25.0 Å². The molecule has 0 aromatic heterocycles. The van der Waals surface area contributed by atoms with Crippen LogP contribution < -0.4 is 11.1 Å². The van der Waals surface area contributed by atoms with E-state index in [0.717, 1.165) is 5.56 Å². The number of hydrogen-bond acceptors (Lipinski definition) is 4. The Morgan fingerprint density at radius 1 is 1.26 bits per heavy atom. The maximum absolute atomic E-state index is 11.3. The molecule has 0 spiro atoms. The molecule has 120 valence electrons. The minimum Gasteiger partial charge on any atom is -0.383 e. The van der Waals surface area contributed by atoms with E-state index < -0.39 is 4.92 Å². The zero-order valence-corrected chi connectivity index (χ0v) is 13.2. The fourth-order valence-corrected chi connectivity index (χ4v) is 2.14. The number of nitrogens with one attached hydrogen (secondary N) is 1. The van der Waals surface area contributed by atoms with Crippen LogP contribution in [0.2, 0.25) is 0 Å². The number of aliphatic imine (C=N–C) groups is 1. The number of nitrogens with two attached hydrogens (primary N) is 1. The van der Waals surface area contributed by atoms with Gasteiger partial charge in [-0.15, -0.1) is 0 Å². The molecule has 23 heavy (non-hydrogen) atoms. The first kappa shape index (κ1) is 16.5. The van der Waals surface area contributed by atoms with Gasteiger partial charge in [0.15, 0.2) is 0 Å². The molecule has 0 atom stereocenters. The SMILES string of the molecule is CC(C)N=C(N)c1ccc(NCc2ccccc2)c([N+](=O)[O-])c1. The number of nitrogens with zero attached hydrogens (tertiary/aromatic N) is 2. The molecule has 6 heteroatoms. The molecule has 0 aliphatic heterocycles. The van der Waals surface area contributed by atoms with Gasteiger partial charge in [-0.2, -0.15) is 0 Å². The molecular weight excluding hydrogens is 292 g/mol. The quantitative estimate of drug-likeness (QED) is 0.370. The minimum absolute atomic E-state index is 0.0136. The number of amidine groups is 1. The molecule has 3 N–H and O–H groups in total. The molecule has 6 nitrogen and oxygen atoms in total. The summed E-state index contributed by atoms with van der Waals surface area (Å²) in [4.78, 5) is 15.1. The molecule has 0 amide bonds. The van der Waals surface area contributed by atoms with Crippen LogP contribution in [-0.2, 0) is 6.54 Å². The molecule has 0 saturated heterocycles. The van der Waals surface area contributed by atoms with E-state index in [2.05, 4.69) is 10.3 Å². The second kappa shape index (κ2) is 7.40. The zero-order valence-electron chi connectivity index (χ0n) is 13.2. The van der Waals surface area contributed by atoms with Gasteiger partial charge in [-0.25, -0.2) is 0 Å². The first-order valence-electron chi connectivity index (χ1n) is 7.37. The first-order chi connectivity index (χ1) is 11.0. The topological polar surface area (TPSA) is 93.5 Å². The lowest BCUT2D eigenvalue weighted by molar-refractivity contribution is -0.384. The lowest BCUT2D eigenvalue weighted by Gasteiger charge is -2.09. The summed E-state index contributed by atoms with van der Waals surface area (Å²) in [5.41, 5.74) is 7.93. The van der Waals surface area contributed by atoms with Gasteiger partial charge >= 0.3 is 0 Å². The van der Waals surface area contributed by atoms with Crippen molar-refractivity contribution >= 4 is 17.2 Å². The van der Waals surface area contributed by atoms with Crippen molar-refractivity contribution in [1.82, 2.24) is 0 Å². The third-order valence-electron chi connectivity index (χ3n) is 3.21. The smallest absolute Gasteiger partial charge is 0.293 e. The minimum atomic E-state index is -0.417. The molecule has 2 aromatic rings. The van der Waals surface area contributed by atoms with Crippen molar-refractivity contribution in [1.29, 1.82) is 0 Å². The van der Waals surface area contributed by atoms with Crippen molar-refractivity contribution in [3.05, 3.63) is 69.8 Å². The number of anilines is 1. The van der Waals surface area contributed by atoms with E-state index in [9.17, 15) is 10.1 Å². The lowest BCUT2D eigenvalue weighted by Crippen LogP contribution is -2.16. The Morgan fingerprint density at radius 2 is 1.96 bits per heavy atom. The van der Waals surface area contributed by atoms with Gasteiger partial charge in [0, 0.05) is 24.2 Å². The van der Waals surface area contributed by atoms with Gasteiger partial charge in [-0.1, -0.05) is 30.3 Å². The number of benzene rings is 2. The second-order valence-corrected chi connectivity index (χ2v) is 5.44. The molecule has 0 fully saturated rings. The first-order valence-corrected chi connectivity index (χ1v) is 7.37. The van der Waals surface area contributed by atoms with Crippen LogP contribution in [-0.4, -0.2) is 16.8 Å². The molecule has 0 aliphatic carbocycles. The molecule has 0 heterocycles. The van der Waals surface area contributed by atoms with Crippen molar-refractivity contribution in [2.75, 3.05) is 5.32 Å². The van der Waals surface area contributed by atoms with Crippen LogP contribution in [0, 0.1) is 10.1 Å². The number of hydrogen-bond donors (Lipinski definition) is 2. The van der Waals surface area contributed by atoms with Gasteiger partial charge in [0.2, 0.25) is 0 Å². The molecule has 0 saturated carbocycles. The van der Waals surface area contributed by atoms with Crippen molar-refractivity contribution in [3.8, 4) is 0 Å². The zero-order chi connectivity index (χ0) is 16.8. The number of nitro benzene ring substituents is 1. The molecule has 2 aromatic carbocycles. The number of rotatable bonds is 6. The summed E-state index contributed by atoms with van der Waals surface area (Å²) in [6.07, 6.45) is 0. The fraction of sp³-hybridized carbons (Fsp3) is 0.235. The molecule has 2 rings (SSSR count). The van der Waals surface area contributed by atoms with Gasteiger partial charge in [-0.05, 0) is 31.5 Å². The van der Waals surface area contributed by atoms with Crippen molar-refractivity contribution in [2.24, 2.45) is 10.7 Å². The van der Waals surface area contributed by atoms with Gasteiger partial charge in [0.25, 0.3) is 5.69 Å². The van der Waals surface area contributed by atoms with E-state index in [0.29, 0.717) is 23.6 Å². The van der Waals surface area contributed by atoms with E-state index in [1.54, 1.807) is 12.1 Å². The summed E-state index contributed by atoms with van der Waals surface area (Å²) < 4.78 is 0.